The van der Waals surface area contributed by atoms with Gasteiger partial charge in [0.1, 0.15) is 5.82 Å². The first-order valence-electron chi connectivity index (χ1n) is 7.88. The van der Waals surface area contributed by atoms with E-state index in [0.29, 0.717) is 6.42 Å². The predicted octanol–water partition coefficient (Wildman–Crippen LogP) is 0.440. The van der Waals surface area contributed by atoms with Crippen molar-refractivity contribution in [1.29, 1.82) is 0 Å². The highest BCUT2D eigenvalue weighted by atomic mass is 19.1. The minimum absolute atomic E-state index is 0.000967. The molecule has 7 heteroatoms. The van der Waals surface area contributed by atoms with Crippen molar-refractivity contribution in [2.24, 2.45) is 29.2 Å². The molecule has 4 N–H and O–H groups in total. The second kappa shape index (κ2) is 7.42. The van der Waals surface area contributed by atoms with Gasteiger partial charge in [-0.15, -0.1) is 0 Å². The van der Waals surface area contributed by atoms with Crippen LogP contribution in [0.4, 0.5) is 4.39 Å². The van der Waals surface area contributed by atoms with E-state index in [9.17, 15) is 18.8 Å². The quantitative estimate of drug-likeness (QED) is 0.787. The topological polar surface area (TPSA) is 106 Å². The fraction of sp³-hybridized carbons (Fsp3) is 0.471. The first kappa shape index (κ1) is 17.9. The van der Waals surface area contributed by atoms with Gasteiger partial charge in [0.25, 0.3) is 0 Å². The third kappa shape index (κ3) is 4.31. The van der Waals surface area contributed by atoms with Crippen LogP contribution in [0.2, 0.25) is 0 Å². The van der Waals surface area contributed by atoms with Crippen molar-refractivity contribution in [1.82, 2.24) is 4.90 Å². The number of carbonyl (C=O) groups is 3. The van der Waals surface area contributed by atoms with Gasteiger partial charge in [-0.2, -0.15) is 0 Å². The van der Waals surface area contributed by atoms with Gasteiger partial charge in [-0.05, 0) is 30.0 Å². The summed E-state index contributed by atoms with van der Waals surface area (Å²) in [4.78, 5) is 36.7. The molecule has 6 nitrogen and oxygen atoms in total. The standard InChI is InChI=1S/C17H22FN3O3/c1-10(5-11-3-2-4-12(18)7-11)6-15(22)21-8-13(16(19)23)14(9-21)17(20)24/h2-4,7,10,13-14H,5-6,8-9H2,1H3,(H2,19,23)(H2,20,24). The second-order valence-corrected chi connectivity index (χ2v) is 6.46. The van der Waals surface area contributed by atoms with Gasteiger partial charge >= 0.3 is 0 Å². The van der Waals surface area contributed by atoms with Crippen LogP contribution >= 0.6 is 0 Å². The Kier molecular flexibility index (Phi) is 5.54. The summed E-state index contributed by atoms with van der Waals surface area (Å²) in [7, 11) is 0. The van der Waals surface area contributed by atoms with Crippen LogP contribution in [0.25, 0.3) is 0 Å². The Morgan fingerprint density at radius 2 is 1.79 bits per heavy atom. The molecule has 0 spiro atoms. The van der Waals surface area contributed by atoms with Gasteiger partial charge in [0.15, 0.2) is 0 Å². The van der Waals surface area contributed by atoms with E-state index >= 15 is 0 Å². The van der Waals surface area contributed by atoms with E-state index in [2.05, 4.69) is 0 Å². The zero-order valence-corrected chi connectivity index (χ0v) is 13.6. The SMILES string of the molecule is CC(CC(=O)N1CC(C(N)=O)C(C(N)=O)C1)Cc1cccc(F)c1. The minimum atomic E-state index is -0.732. The second-order valence-electron chi connectivity index (χ2n) is 6.46. The summed E-state index contributed by atoms with van der Waals surface area (Å²) in [5, 5.41) is 0. The van der Waals surface area contributed by atoms with Crippen LogP contribution < -0.4 is 11.5 Å². The van der Waals surface area contributed by atoms with Crippen LogP contribution in [-0.2, 0) is 20.8 Å². The first-order chi connectivity index (χ1) is 11.3. The van der Waals surface area contributed by atoms with Gasteiger partial charge in [-0.3, -0.25) is 14.4 Å². The molecular formula is C17H22FN3O3. The predicted molar refractivity (Wildman–Crippen MR) is 85.8 cm³/mol. The molecule has 3 unspecified atom stereocenters. The van der Waals surface area contributed by atoms with Gasteiger partial charge in [-0.25, -0.2) is 4.39 Å². The fourth-order valence-corrected chi connectivity index (χ4v) is 3.15. The molecule has 1 aliphatic heterocycles. The molecule has 0 radical (unpaired) electrons. The number of hydrogen-bond acceptors (Lipinski definition) is 3. The maximum absolute atomic E-state index is 13.2. The van der Waals surface area contributed by atoms with Crippen molar-refractivity contribution < 1.29 is 18.8 Å². The molecule has 1 fully saturated rings. The Morgan fingerprint density at radius 1 is 1.21 bits per heavy atom. The summed E-state index contributed by atoms with van der Waals surface area (Å²) in [6.45, 7) is 2.14. The molecule has 24 heavy (non-hydrogen) atoms. The van der Waals surface area contributed by atoms with Crippen molar-refractivity contribution in [2.45, 2.75) is 19.8 Å². The normalized spacial score (nSPS) is 21.5. The third-order valence-corrected chi connectivity index (χ3v) is 4.40. The molecule has 3 atom stereocenters. The summed E-state index contributed by atoms with van der Waals surface area (Å²) in [6, 6.07) is 6.27. The van der Waals surface area contributed by atoms with Crippen molar-refractivity contribution in [2.75, 3.05) is 13.1 Å². The van der Waals surface area contributed by atoms with Gasteiger partial charge in [0.2, 0.25) is 17.7 Å². The Labute approximate surface area is 140 Å². The van der Waals surface area contributed by atoms with Crippen molar-refractivity contribution in [3.63, 3.8) is 0 Å². The van der Waals surface area contributed by atoms with Crippen molar-refractivity contribution in [3.8, 4) is 0 Å². The molecular weight excluding hydrogens is 313 g/mol. The highest BCUT2D eigenvalue weighted by Gasteiger charge is 2.41. The third-order valence-electron chi connectivity index (χ3n) is 4.40. The number of carbonyl (C=O) groups excluding carboxylic acids is 3. The number of halogens is 1. The molecule has 2 rings (SSSR count). The van der Waals surface area contributed by atoms with E-state index in [4.69, 9.17) is 11.5 Å². The molecule has 0 bridgehead atoms. The lowest BCUT2D eigenvalue weighted by molar-refractivity contribution is -0.131. The van der Waals surface area contributed by atoms with Gasteiger partial charge in [0, 0.05) is 19.5 Å². The van der Waals surface area contributed by atoms with Crippen LogP contribution in [-0.4, -0.2) is 35.7 Å². The van der Waals surface area contributed by atoms with Gasteiger partial charge in [-0.1, -0.05) is 19.1 Å². The largest absolute Gasteiger partial charge is 0.369 e. The summed E-state index contributed by atoms with van der Waals surface area (Å²) >= 11 is 0. The maximum Gasteiger partial charge on any atom is 0.223 e. The van der Waals surface area contributed by atoms with Gasteiger partial charge in [0.05, 0.1) is 11.8 Å². The number of hydrogen-bond donors (Lipinski definition) is 2. The van der Waals surface area contributed by atoms with E-state index in [1.54, 1.807) is 6.07 Å². The summed E-state index contributed by atoms with van der Waals surface area (Å²) < 4.78 is 13.2. The summed E-state index contributed by atoms with van der Waals surface area (Å²) in [5.41, 5.74) is 11.4. The molecule has 1 saturated heterocycles. The Balaban J connectivity index is 1.94. The molecule has 1 aromatic carbocycles. The lowest BCUT2D eigenvalue weighted by Crippen LogP contribution is -2.36. The number of amides is 3. The maximum atomic E-state index is 13.2. The highest BCUT2D eigenvalue weighted by molar-refractivity contribution is 5.89. The van der Waals surface area contributed by atoms with Crippen LogP contribution in [0.15, 0.2) is 24.3 Å². The molecule has 3 amide bonds. The van der Waals surface area contributed by atoms with Crippen molar-refractivity contribution in [3.05, 3.63) is 35.6 Å². The zero-order valence-electron chi connectivity index (χ0n) is 13.6. The molecule has 0 aromatic heterocycles. The zero-order chi connectivity index (χ0) is 17.9. The first-order valence-corrected chi connectivity index (χ1v) is 7.88. The number of likely N-dealkylation sites (tertiary alicyclic amines) is 1. The average molecular weight is 335 g/mol. The van der Waals surface area contributed by atoms with Crippen LogP contribution in [0.3, 0.4) is 0 Å². The molecule has 0 saturated carbocycles. The Bertz CT molecular complexity index is 628. The molecule has 1 heterocycles. The number of nitrogens with zero attached hydrogens (tertiary/aromatic N) is 1. The smallest absolute Gasteiger partial charge is 0.223 e. The number of primary amides is 2. The monoisotopic (exact) mass is 335 g/mol. The van der Waals surface area contributed by atoms with Crippen LogP contribution in [0.5, 0.6) is 0 Å². The minimum Gasteiger partial charge on any atom is -0.369 e. The van der Waals surface area contributed by atoms with E-state index in [0.717, 1.165) is 5.56 Å². The number of nitrogens with two attached hydrogens (primary N) is 2. The Hall–Kier alpha value is -2.44. The number of benzene rings is 1. The highest BCUT2D eigenvalue weighted by Crippen LogP contribution is 2.25. The van der Waals surface area contributed by atoms with E-state index in [1.807, 2.05) is 13.0 Å². The summed E-state index contributed by atoms with van der Waals surface area (Å²) in [5.74, 6) is -3.18. The lowest BCUT2D eigenvalue weighted by atomic mass is 9.95. The molecule has 130 valence electrons. The molecule has 0 aliphatic carbocycles. The Morgan fingerprint density at radius 3 is 2.29 bits per heavy atom. The van der Waals surface area contributed by atoms with Crippen LogP contribution in [0.1, 0.15) is 18.9 Å². The average Bonchev–Trinajstić information content (AvgIpc) is 2.92. The fourth-order valence-electron chi connectivity index (χ4n) is 3.15. The summed E-state index contributed by atoms with van der Waals surface area (Å²) in [6.07, 6.45) is 0.809. The van der Waals surface area contributed by atoms with Gasteiger partial charge < -0.3 is 16.4 Å². The van der Waals surface area contributed by atoms with Crippen LogP contribution in [0, 0.1) is 23.6 Å². The lowest BCUT2D eigenvalue weighted by Gasteiger charge is -2.19. The molecule has 1 aromatic rings. The number of rotatable bonds is 6. The van der Waals surface area contributed by atoms with E-state index < -0.39 is 23.7 Å². The van der Waals surface area contributed by atoms with E-state index in [-0.39, 0.29) is 37.2 Å². The molecule has 1 aliphatic rings. The van der Waals surface area contributed by atoms with Crippen molar-refractivity contribution >= 4 is 17.7 Å². The van der Waals surface area contributed by atoms with E-state index in [1.165, 1.54) is 17.0 Å².